The fourth-order valence-corrected chi connectivity index (χ4v) is 1.07. The zero-order valence-corrected chi connectivity index (χ0v) is 7.66. The highest BCUT2D eigenvalue weighted by Crippen LogP contribution is 2.04. The maximum Gasteiger partial charge on any atom is 0.295 e. The number of rotatable bonds is 3. The van der Waals surface area contributed by atoms with Gasteiger partial charge in [0.15, 0.2) is 0 Å². The highest BCUT2D eigenvalue weighted by atomic mass is 16.3. The Morgan fingerprint density at radius 3 is 2.86 bits per heavy atom. The van der Waals surface area contributed by atoms with E-state index in [-0.39, 0.29) is 6.61 Å². The number of carbonyl (C=O) groups excluding carboxylic acids is 1. The summed E-state index contributed by atoms with van der Waals surface area (Å²) in [6.45, 7) is 0.383. The maximum atomic E-state index is 10.7. The molecule has 0 bridgehead atoms. The van der Waals surface area contributed by atoms with Gasteiger partial charge < -0.3 is 10.4 Å². The molecule has 0 aliphatic rings. The lowest BCUT2D eigenvalue weighted by Gasteiger charge is -2.03. The van der Waals surface area contributed by atoms with Gasteiger partial charge in [-0.2, -0.15) is 0 Å². The van der Waals surface area contributed by atoms with E-state index in [1.54, 1.807) is 0 Å². The van der Waals surface area contributed by atoms with Crippen molar-refractivity contribution in [3.8, 4) is 12.3 Å². The molecule has 1 rings (SSSR count). The molecule has 0 aliphatic heterocycles. The Hall–Kier alpha value is -1.79. The van der Waals surface area contributed by atoms with Gasteiger partial charge in [-0.1, -0.05) is 24.3 Å². The van der Waals surface area contributed by atoms with Crippen molar-refractivity contribution in [1.29, 1.82) is 0 Å². The lowest BCUT2D eigenvalue weighted by molar-refractivity contribution is -0.115. The van der Waals surface area contributed by atoms with E-state index in [0.717, 1.165) is 11.1 Å². The molecule has 0 saturated heterocycles. The van der Waals surface area contributed by atoms with E-state index < -0.39 is 5.91 Å². The number of nitrogens with one attached hydrogen (secondary N) is 1. The van der Waals surface area contributed by atoms with Gasteiger partial charge in [-0.15, -0.1) is 6.42 Å². The smallest absolute Gasteiger partial charge is 0.295 e. The summed E-state index contributed by atoms with van der Waals surface area (Å²) in [7, 11) is 0. The number of aliphatic hydroxyl groups is 1. The van der Waals surface area contributed by atoms with Crippen molar-refractivity contribution < 1.29 is 9.90 Å². The molecule has 0 saturated carbocycles. The van der Waals surface area contributed by atoms with Crippen LogP contribution >= 0.6 is 0 Å². The highest BCUT2D eigenvalue weighted by Gasteiger charge is 1.97. The molecule has 0 radical (unpaired) electrons. The molecule has 72 valence electrons. The Morgan fingerprint density at radius 1 is 1.50 bits per heavy atom. The van der Waals surface area contributed by atoms with Gasteiger partial charge >= 0.3 is 0 Å². The molecular formula is C11H11NO2. The van der Waals surface area contributed by atoms with E-state index in [0.29, 0.717) is 6.54 Å². The number of hydrogen-bond acceptors (Lipinski definition) is 2. The third-order valence-corrected chi connectivity index (χ3v) is 1.76. The van der Waals surface area contributed by atoms with Crippen LogP contribution in [0.4, 0.5) is 0 Å². The molecule has 0 aromatic heterocycles. The minimum absolute atomic E-state index is 0.00305. The van der Waals surface area contributed by atoms with Crippen LogP contribution in [0.5, 0.6) is 0 Å². The van der Waals surface area contributed by atoms with Gasteiger partial charge in [0.2, 0.25) is 0 Å². The number of carbonyl (C=O) groups is 1. The van der Waals surface area contributed by atoms with Crippen LogP contribution in [0.1, 0.15) is 11.1 Å². The summed E-state index contributed by atoms with van der Waals surface area (Å²) >= 11 is 0. The topological polar surface area (TPSA) is 49.3 Å². The van der Waals surface area contributed by atoms with Crippen molar-refractivity contribution in [3.63, 3.8) is 0 Å². The third-order valence-electron chi connectivity index (χ3n) is 1.76. The summed E-state index contributed by atoms with van der Waals surface area (Å²) in [6, 6.07) is 7.31. The van der Waals surface area contributed by atoms with E-state index >= 15 is 0 Å². The van der Waals surface area contributed by atoms with Gasteiger partial charge in [0.05, 0.1) is 6.61 Å². The zero-order chi connectivity index (χ0) is 10.4. The molecule has 2 N–H and O–H groups in total. The molecule has 1 aromatic rings. The van der Waals surface area contributed by atoms with E-state index in [1.165, 1.54) is 0 Å². The van der Waals surface area contributed by atoms with Crippen LogP contribution in [0.25, 0.3) is 0 Å². The van der Waals surface area contributed by atoms with E-state index in [9.17, 15) is 4.79 Å². The first-order valence-corrected chi connectivity index (χ1v) is 4.19. The molecular weight excluding hydrogens is 178 g/mol. The summed E-state index contributed by atoms with van der Waals surface area (Å²) in [5.74, 6) is 1.53. The Morgan fingerprint density at radius 2 is 2.21 bits per heavy atom. The number of terminal acetylenes is 1. The fourth-order valence-electron chi connectivity index (χ4n) is 1.07. The van der Waals surface area contributed by atoms with Crippen molar-refractivity contribution in [2.24, 2.45) is 0 Å². The minimum atomic E-state index is -0.431. The quantitative estimate of drug-likeness (QED) is 0.677. The summed E-state index contributed by atoms with van der Waals surface area (Å²) in [4.78, 5) is 10.7. The van der Waals surface area contributed by atoms with Gasteiger partial charge in [-0.25, -0.2) is 0 Å². The van der Waals surface area contributed by atoms with Crippen LogP contribution in [0, 0.1) is 12.3 Å². The molecule has 0 atom stereocenters. The molecule has 3 heteroatoms. The lowest BCUT2D eigenvalue weighted by Crippen LogP contribution is -2.20. The minimum Gasteiger partial charge on any atom is -0.392 e. The summed E-state index contributed by atoms with van der Waals surface area (Å²) < 4.78 is 0. The van der Waals surface area contributed by atoms with Crippen LogP contribution in [0.15, 0.2) is 24.3 Å². The monoisotopic (exact) mass is 189 g/mol. The van der Waals surface area contributed by atoms with Crippen molar-refractivity contribution in [2.45, 2.75) is 13.2 Å². The Kier molecular flexibility index (Phi) is 3.71. The van der Waals surface area contributed by atoms with E-state index in [1.807, 2.05) is 30.2 Å². The summed E-state index contributed by atoms with van der Waals surface area (Å²) in [5, 5.41) is 11.4. The van der Waals surface area contributed by atoms with Crippen LogP contribution in [-0.4, -0.2) is 11.0 Å². The number of aliphatic hydroxyl groups excluding tert-OH is 1. The van der Waals surface area contributed by atoms with Gasteiger partial charge in [-0.05, 0) is 17.0 Å². The molecule has 0 heterocycles. The molecule has 0 unspecified atom stereocenters. The Balaban J connectivity index is 2.59. The Bertz CT molecular complexity index is 366. The van der Waals surface area contributed by atoms with Gasteiger partial charge in [0.1, 0.15) is 0 Å². The molecule has 1 aromatic carbocycles. The molecule has 0 spiro atoms. The zero-order valence-electron chi connectivity index (χ0n) is 7.66. The summed E-state index contributed by atoms with van der Waals surface area (Å²) in [6.07, 6.45) is 4.89. The second kappa shape index (κ2) is 5.05. The lowest BCUT2D eigenvalue weighted by atomic mass is 10.1. The number of hydrogen-bond donors (Lipinski definition) is 2. The number of amides is 1. The van der Waals surface area contributed by atoms with Crippen LogP contribution in [-0.2, 0) is 17.9 Å². The average molecular weight is 189 g/mol. The SMILES string of the molecule is C#CC(=O)NCc1cccc(CO)c1. The van der Waals surface area contributed by atoms with Crippen LogP contribution in [0.3, 0.4) is 0 Å². The fraction of sp³-hybridized carbons (Fsp3) is 0.182. The Labute approximate surface area is 82.8 Å². The third kappa shape index (κ3) is 2.92. The molecule has 14 heavy (non-hydrogen) atoms. The summed E-state index contributed by atoms with van der Waals surface area (Å²) in [5.41, 5.74) is 1.73. The average Bonchev–Trinajstić information content (AvgIpc) is 2.26. The second-order valence-electron chi connectivity index (χ2n) is 2.81. The predicted molar refractivity (Wildman–Crippen MR) is 53.0 cm³/mol. The van der Waals surface area contributed by atoms with Crippen molar-refractivity contribution in [1.82, 2.24) is 5.32 Å². The number of benzene rings is 1. The van der Waals surface area contributed by atoms with Crippen molar-refractivity contribution >= 4 is 5.91 Å². The van der Waals surface area contributed by atoms with Gasteiger partial charge in [0.25, 0.3) is 5.91 Å². The molecule has 3 nitrogen and oxygen atoms in total. The molecule has 0 fully saturated rings. The van der Waals surface area contributed by atoms with Crippen molar-refractivity contribution in [3.05, 3.63) is 35.4 Å². The predicted octanol–water partition coefficient (Wildman–Crippen LogP) is 0.428. The van der Waals surface area contributed by atoms with Crippen LogP contribution in [0.2, 0.25) is 0 Å². The first-order valence-electron chi connectivity index (χ1n) is 4.19. The molecule has 0 aliphatic carbocycles. The normalized spacial score (nSPS) is 9.14. The largest absolute Gasteiger partial charge is 0.392 e. The van der Waals surface area contributed by atoms with E-state index in [4.69, 9.17) is 11.5 Å². The van der Waals surface area contributed by atoms with Gasteiger partial charge in [-0.3, -0.25) is 4.79 Å². The second-order valence-corrected chi connectivity index (χ2v) is 2.81. The first-order chi connectivity index (χ1) is 6.76. The first kappa shape index (κ1) is 10.3. The van der Waals surface area contributed by atoms with E-state index in [2.05, 4.69) is 5.32 Å². The standard InChI is InChI=1S/C11H11NO2/c1-2-11(14)12-7-9-4-3-5-10(6-9)8-13/h1,3-6,13H,7-8H2,(H,12,14). The van der Waals surface area contributed by atoms with Crippen LogP contribution < -0.4 is 5.32 Å². The molecule has 1 amide bonds. The highest BCUT2D eigenvalue weighted by molar-refractivity contribution is 5.92. The van der Waals surface area contributed by atoms with Gasteiger partial charge in [0, 0.05) is 6.54 Å². The van der Waals surface area contributed by atoms with Crippen molar-refractivity contribution in [2.75, 3.05) is 0 Å². The maximum absolute atomic E-state index is 10.7.